The SMILES string of the molecule is COc1cccc(NC(=O)NCCc2ccc(C(C)=O)s2)c1. The molecular formula is C16H18N2O3S. The molecule has 22 heavy (non-hydrogen) atoms. The third-order valence-corrected chi connectivity index (χ3v) is 4.24. The van der Waals surface area contributed by atoms with Crippen molar-refractivity contribution in [2.45, 2.75) is 13.3 Å². The summed E-state index contributed by atoms with van der Waals surface area (Å²) >= 11 is 1.46. The molecule has 1 aromatic heterocycles. The number of ketones is 1. The molecule has 0 spiro atoms. The van der Waals surface area contributed by atoms with Crippen LogP contribution >= 0.6 is 11.3 Å². The maximum Gasteiger partial charge on any atom is 0.319 e. The standard InChI is InChI=1S/C16H18N2O3S/c1-11(19)15-7-6-14(22-15)8-9-17-16(20)18-12-4-3-5-13(10-12)21-2/h3-7,10H,8-9H2,1-2H3,(H2,17,18,20). The van der Waals surface area contributed by atoms with Crippen LogP contribution in [0.4, 0.5) is 10.5 Å². The van der Waals surface area contributed by atoms with Crippen LogP contribution in [0.3, 0.4) is 0 Å². The monoisotopic (exact) mass is 318 g/mol. The highest BCUT2D eigenvalue weighted by Crippen LogP contribution is 2.18. The molecule has 0 aliphatic rings. The number of benzene rings is 1. The van der Waals surface area contributed by atoms with E-state index in [2.05, 4.69) is 10.6 Å². The molecule has 5 nitrogen and oxygen atoms in total. The zero-order valence-corrected chi connectivity index (χ0v) is 13.3. The number of hydrogen-bond donors (Lipinski definition) is 2. The highest BCUT2D eigenvalue weighted by molar-refractivity contribution is 7.14. The first-order valence-corrected chi connectivity index (χ1v) is 7.68. The molecule has 2 rings (SSSR count). The van der Waals surface area contributed by atoms with Gasteiger partial charge in [-0.1, -0.05) is 6.07 Å². The molecule has 0 saturated carbocycles. The van der Waals surface area contributed by atoms with Gasteiger partial charge in [-0.2, -0.15) is 0 Å². The largest absolute Gasteiger partial charge is 0.497 e. The second-order valence-electron chi connectivity index (χ2n) is 4.69. The lowest BCUT2D eigenvalue weighted by Gasteiger charge is -2.08. The number of thiophene rings is 1. The normalized spacial score (nSPS) is 10.1. The fourth-order valence-corrected chi connectivity index (χ4v) is 2.78. The minimum atomic E-state index is -0.267. The van der Waals surface area contributed by atoms with E-state index in [1.807, 2.05) is 24.3 Å². The van der Waals surface area contributed by atoms with Crippen LogP contribution in [-0.4, -0.2) is 25.5 Å². The van der Waals surface area contributed by atoms with E-state index in [1.165, 1.54) is 11.3 Å². The van der Waals surface area contributed by atoms with Crippen molar-refractivity contribution < 1.29 is 14.3 Å². The van der Waals surface area contributed by atoms with E-state index in [4.69, 9.17) is 4.74 Å². The topological polar surface area (TPSA) is 67.4 Å². The van der Waals surface area contributed by atoms with Gasteiger partial charge in [-0.3, -0.25) is 4.79 Å². The van der Waals surface area contributed by atoms with Crippen LogP contribution < -0.4 is 15.4 Å². The summed E-state index contributed by atoms with van der Waals surface area (Å²) in [6.45, 7) is 2.06. The average molecular weight is 318 g/mol. The molecule has 0 aliphatic carbocycles. The quantitative estimate of drug-likeness (QED) is 0.803. The highest BCUT2D eigenvalue weighted by atomic mass is 32.1. The Kier molecular flexibility index (Phi) is 5.55. The van der Waals surface area contributed by atoms with Crippen molar-refractivity contribution in [1.29, 1.82) is 0 Å². The molecule has 1 aromatic carbocycles. The number of carbonyl (C=O) groups is 2. The van der Waals surface area contributed by atoms with Crippen LogP contribution in [0.2, 0.25) is 0 Å². The number of anilines is 1. The Morgan fingerprint density at radius 3 is 2.73 bits per heavy atom. The maximum atomic E-state index is 11.8. The Hall–Kier alpha value is -2.34. The van der Waals surface area contributed by atoms with Crippen LogP contribution in [0.15, 0.2) is 36.4 Å². The van der Waals surface area contributed by atoms with Gasteiger partial charge in [0.15, 0.2) is 5.78 Å². The predicted octanol–water partition coefficient (Wildman–Crippen LogP) is 3.32. The number of methoxy groups -OCH3 is 1. The molecule has 1 heterocycles. The van der Waals surface area contributed by atoms with E-state index >= 15 is 0 Å². The number of rotatable bonds is 6. The van der Waals surface area contributed by atoms with Gasteiger partial charge in [-0.05, 0) is 37.6 Å². The Morgan fingerprint density at radius 2 is 2.05 bits per heavy atom. The van der Waals surface area contributed by atoms with Gasteiger partial charge in [0.25, 0.3) is 0 Å². The molecule has 0 fully saturated rings. The van der Waals surface area contributed by atoms with Crippen molar-refractivity contribution in [1.82, 2.24) is 5.32 Å². The van der Waals surface area contributed by atoms with Crippen molar-refractivity contribution in [2.75, 3.05) is 19.0 Å². The fourth-order valence-electron chi connectivity index (χ4n) is 1.88. The van der Waals surface area contributed by atoms with Crippen LogP contribution in [0.5, 0.6) is 5.75 Å². The van der Waals surface area contributed by atoms with Crippen LogP contribution in [0.25, 0.3) is 0 Å². The average Bonchev–Trinajstić information content (AvgIpc) is 2.96. The maximum absolute atomic E-state index is 11.8. The van der Waals surface area contributed by atoms with E-state index in [0.717, 1.165) is 9.75 Å². The van der Waals surface area contributed by atoms with Crippen LogP contribution in [0.1, 0.15) is 21.5 Å². The Bertz CT molecular complexity index is 667. The van der Waals surface area contributed by atoms with Crippen molar-refractivity contribution >= 4 is 28.8 Å². The summed E-state index contributed by atoms with van der Waals surface area (Å²) in [7, 11) is 1.58. The number of hydrogen-bond acceptors (Lipinski definition) is 4. The van der Waals surface area contributed by atoms with Gasteiger partial charge in [-0.15, -0.1) is 11.3 Å². The molecule has 116 valence electrons. The van der Waals surface area contributed by atoms with E-state index in [1.54, 1.807) is 26.2 Å². The minimum absolute atomic E-state index is 0.0694. The molecule has 2 aromatic rings. The first-order chi connectivity index (χ1) is 10.6. The summed E-state index contributed by atoms with van der Waals surface area (Å²) in [6, 6.07) is 10.6. The number of ether oxygens (including phenoxy) is 1. The lowest BCUT2D eigenvalue weighted by Crippen LogP contribution is -2.30. The van der Waals surface area contributed by atoms with Crippen molar-refractivity contribution in [3.63, 3.8) is 0 Å². The van der Waals surface area contributed by atoms with Crippen molar-refractivity contribution in [2.24, 2.45) is 0 Å². The van der Waals surface area contributed by atoms with Crippen LogP contribution in [-0.2, 0) is 6.42 Å². The summed E-state index contributed by atoms with van der Waals surface area (Å²) < 4.78 is 5.10. The number of amides is 2. The van der Waals surface area contributed by atoms with Gasteiger partial charge in [-0.25, -0.2) is 4.79 Å². The zero-order chi connectivity index (χ0) is 15.9. The number of carbonyl (C=O) groups excluding carboxylic acids is 2. The molecular weight excluding hydrogens is 300 g/mol. The van der Waals surface area contributed by atoms with E-state index < -0.39 is 0 Å². The van der Waals surface area contributed by atoms with E-state index in [9.17, 15) is 9.59 Å². The molecule has 2 N–H and O–H groups in total. The lowest BCUT2D eigenvalue weighted by atomic mass is 10.3. The van der Waals surface area contributed by atoms with Crippen molar-refractivity contribution in [3.8, 4) is 5.75 Å². The second kappa shape index (κ2) is 7.61. The first-order valence-electron chi connectivity index (χ1n) is 6.87. The smallest absolute Gasteiger partial charge is 0.319 e. The second-order valence-corrected chi connectivity index (χ2v) is 5.85. The van der Waals surface area contributed by atoms with Gasteiger partial charge in [0.05, 0.1) is 12.0 Å². The van der Waals surface area contributed by atoms with E-state index in [0.29, 0.717) is 24.4 Å². The third kappa shape index (κ3) is 4.60. The van der Waals surface area contributed by atoms with Gasteiger partial charge >= 0.3 is 6.03 Å². The number of urea groups is 1. The van der Waals surface area contributed by atoms with E-state index in [-0.39, 0.29) is 11.8 Å². The van der Waals surface area contributed by atoms with Crippen LogP contribution in [0, 0.1) is 0 Å². The molecule has 0 bridgehead atoms. The Labute approximate surface area is 133 Å². The lowest BCUT2D eigenvalue weighted by molar-refractivity contribution is 0.102. The Balaban J connectivity index is 1.78. The Morgan fingerprint density at radius 1 is 1.23 bits per heavy atom. The predicted molar refractivity (Wildman–Crippen MR) is 88.0 cm³/mol. The molecule has 0 atom stereocenters. The van der Waals surface area contributed by atoms with Gasteiger partial charge < -0.3 is 15.4 Å². The third-order valence-electron chi connectivity index (χ3n) is 2.99. The zero-order valence-electron chi connectivity index (χ0n) is 12.5. The highest BCUT2D eigenvalue weighted by Gasteiger charge is 2.06. The molecule has 6 heteroatoms. The summed E-state index contributed by atoms with van der Waals surface area (Å²) in [5, 5.41) is 5.53. The first kappa shape index (κ1) is 16.0. The number of nitrogens with one attached hydrogen (secondary N) is 2. The van der Waals surface area contributed by atoms with Gasteiger partial charge in [0.2, 0.25) is 0 Å². The summed E-state index contributed by atoms with van der Waals surface area (Å²) in [5.74, 6) is 0.758. The summed E-state index contributed by atoms with van der Waals surface area (Å²) in [6.07, 6.45) is 0.698. The molecule has 0 radical (unpaired) electrons. The van der Waals surface area contributed by atoms with Crippen molar-refractivity contribution in [3.05, 3.63) is 46.2 Å². The molecule has 0 unspecified atom stereocenters. The minimum Gasteiger partial charge on any atom is -0.497 e. The molecule has 0 aliphatic heterocycles. The fraction of sp³-hybridized carbons (Fsp3) is 0.250. The summed E-state index contributed by atoms with van der Waals surface area (Å²) in [5.41, 5.74) is 0.673. The summed E-state index contributed by atoms with van der Waals surface area (Å²) in [4.78, 5) is 24.8. The van der Waals surface area contributed by atoms with Gasteiger partial charge in [0.1, 0.15) is 5.75 Å². The van der Waals surface area contributed by atoms with Gasteiger partial charge in [0, 0.05) is 23.2 Å². The number of Topliss-reactive ketones (excluding diaryl/α,β-unsaturated/α-hetero) is 1. The molecule has 2 amide bonds. The molecule has 0 saturated heterocycles.